The summed E-state index contributed by atoms with van der Waals surface area (Å²) in [4.78, 5) is 11.8. The molecule has 0 unspecified atom stereocenters. The van der Waals surface area contributed by atoms with E-state index in [2.05, 4.69) is 0 Å². The normalized spacial score (nSPS) is 11.8. The van der Waals surface area contributed by atoms with Crippen LogP contribution < -0.4 is 0 Å². The van der Waals surface area contributed by atoms with Gasteiger partial charge in [-0.25, -0.2) is 4.79 Å². The van der Waals surface area contributed by atoms with Crippen molar-refractivity contribution in [3.05, 3.63) is 44.1 Å². The van der Waals surface area contributed by atoms with Gasteiger partial charge in [-0.3, -0.25) is 5.41 Å². The Balaban J connectivity index is 3.36. The molecular formula is C13H12Cl3NO3. The van der Waals surface area contributed by atoms with Crippen LogP contribution in [0, 0.1) is 5.41 Å². The zero-order valence-corrected chi connectivity index (χ0v) is 13.0. The molecule has 1 rings (SSSR count). The number of nitrogens with one attached hydrogen (secondary N) is 1. The number of ether oxygens (including phenoxy) is 1. The van der Waals surface area contributed by atoms with E-state index in [4.69, 9.17) is 44.9 Å². The highest BCUT2D eigenvalue weighted by molar-refractivity contribution is 6.46. The van der Waals surface area contributed by atoms with Gasteiger partial charge in [-0.05, 0) is 26.0 Å². The molecule has 0 spiro atoms. The Morgan fingerprint density at radius 3 is 2.45 bits per heavy atom. The van der Waals surface area contributed by atoms with Gasteiger partial charge in [-0.1, -0.05) is 34.8 Å². The number of hydrogen-bond donors (Lipinski definition) is 2. The van der Waals surface area contributed by atoms with E-state index >= 15 is 0 Å². The number of esters is 1. The molecule has 0 saturated carbocycles. The minimum Gasteiger partial charge on any atom is -0.512 e. The molecular weight excluding hydrogens is 325 g/mol. The first-order valence-corrected chi connectivity index (χ1v) is 6.73. The number of benzene rings is 1. The summed E-state index contributed by atoms with van der Waals surface area (Å²) in [6.45, 7) is 3.02. The van der Waals surface area contributed by atoms with Crippen molar-refractivity contribution in [3.8, 4) is 0 Å². The molecule has 4 nitrogen and oxygen atoms in total. The average Bonchev–Trinajstić information content (AvgIpc) is 2.33. The van der Waals surface area contributed by atoms with Crippen molar-refractivity contribution in [3.63, 3.8) is 0 Å². The fourth-order valence-electron chi connectivity index (χ4n) is 1.51. The average molecular weight is 337 g/mol. The number of aliphatic hydroxyl groups is 1. The Kier molecular flexibility index (Phi) is 5.87. The molecule has 0 heterocycles. The van der Waals surface area contributed by atoms with Crippen molar-refractivity contribution in [2.45, 2.75) is 13.8 Å². The van der Waals surface area contributed by atoms with E-state index in [1.807, 2.05) is 0 Å². The van der Waals surface area contributed by atoms with Crippen LogP contribution in [0.2, 0.25) is 15.1 Å². The van der Waals surface area contributed by atoms with Gasteiger partial charge in [0.1, 0.15) is 11.3 Å². The number of rotatable bonds is 4. The van der Waals surface area contributed by atoms with Crippen LogP contribution in [-0.4, -0.2) is 23.4 Å². The Hall–Kier alpha value is -1.23. The Morgan fingerprint density at radius 1 is 1.35 bits per heavy atom. The van der Waals surface area contributed by atoms with Crippen LogP contribution in [0.15, 0.2) is 23.5 Å². The lowest BCUT2D eigenvalue weighted by atomic mass is 10.0. The van der Waals surface area contributed by atoms with E-state index in [-0.39, 0.29) is 44.3 Å². The van der Waals surface area contributed by atoms with Gasteiger partial charge in [-0.2, -0.15) is 0 Å². The predicted molar refractivity (Wildman–Crippen MR) is 80.3 cm³/mol. The largest absolute Gasteiger partial charge is 0.512 e. The number of carbonyl (C=O) groups is 1. The lowest BCUT2D eigenvalue weighted by Crippen LogP contribution is -2.18. The van der Waals surface area contributed by atoms with E-state index in [1.54, 1.807) is 6.92 Å². The zero-order chi connectivity index (χ0) is 15.4. The summed E-state index contributed by atoms with van der Waals surface area (Å²) in [6, 6.07) is 2.81. The number of hydrogen-bond acceptors (Lipinski definition) is 4. The molecule has 0 aliphatic heterocycles. The van der Waals surface area contributed by atoms with Crippen LogP contribution in [0.25, 0.3) is 0 Å². The van der Waals surface area contributed by atoms with Crippen molar-refractivity contribution in [1.82, 2.24) is 0 Å². The molecule has 108 valence electrons. The molecule has 0 saturated heterocycles. The topological polar surface area (TPSA) is 70.4 Å². The highest BCUT2D eigenvalue weighted by atomic mass is 35.5. The number of allylic oxidation sites excluding steroid dienone is 1. The van der Waals surface area contributed by atoms with Crippen molar-refractivity contribution >= 4 is 46.5 Å². The second-order valence-corrected chi connectivity index (χ2v) is 5.03. The van der Waals surface area contributed by atoms with Gasteiger partial charge in [0.25, 0.3) is 0 Å². The first-order chi connectivity index (χ1) is 9.29. The molecule has 1 aromatic rings. The summed E-state index contributed by atoms with van der Waals surface area (Å²) in [5, 5.41) is 18.1. The maximum Gasteiger partial charge on any atom is 0.343 e. The molecule has 0 bridgehead atoms. The van der Waals surface area contributed by atoms with E-state index in [0.717, 1.165) is 0 Å². The summed E-state index contributed by atoms with van der Waals surface area (Å²) in [7, 11) is 0. The fourth-order valence-corrected chi connectivity index (χ4v) is 2.20. The lowest BCUT2D eigenvalue weighted by molar-refractivity contribution is -0.138. The summed E-state index contributed by atoms with van der Waals surface area (Å²) in [5.74, 6) is -1.16. The quantitative estimate of drug-likeness (QED) is 0.281. The van der Waals surface area contributed by atoms with Crippen molar-refractivity contribution in [2.75, 3.05) is 6.61 Å². The Labute approximate surface area is 131 Å². The van der Waals surface area contributed by atoms with Crippen molar-refractivity contribution in [1.29, 1.82) is 5.41 Å². The standard InChI is InChI=1S/C13H12Cl3NO3/c1-3-20-13(19)10(6(2)18)12(17)8-4-7(14)5-9(15)11(8)16/h4-5,17-18H,3H2,1-2H3/b10-6-,17-12?. The molecule has 0 fully saturated rings. The molecule has 0 aliphatic carbocycles. The van der Waals surface area contributed by atoms with Crippen LogP contribution >= 0.6 is 34.8 Å². The molecule has 0 atom stereocenters. The Bertz CT molecular complexity index is 593. The first kappa shape index (κ1) is 16.8. The minimum atomic E-state index is -0.815. The minimum absolute atomic E-state index is 0.0733. The molecule has 0 aromatic heterocycles. The monoisotopic (exact) mass is 335 g/mol. The van der Waals surface area contributed by atoms with E-state index < -0.39 is 5.97 Å². The van der Waals surface area contributed by atoms with Crippen LogP contribution in [0.3, 0.4) is 0 Å². The second-order valence-electron chi connectivity index (χ2n) is 3.81. The van der Waals surface area contributed by atoms with Gasteiger partial charge in [0, 0.05) is 10.6 Å². The van der Waals surface area contributed by atoms with Crippen LogP contribution in [0.4, 0.5) is 0 Å². The maximum atomic E-state index is 11.8. The van der Waals surface area contributed by atoms with E-state index in [1.165, 1.54) is 19.1 Å². The third kappa shape index (κ3) is 3.66. The number of aliphatic hydroxyl groups excluding tert-OH is 1. The summed E-state index contributed by atoms with van der Waals surface area (Å²) >= 11 is 17.7. The third-order valence-corrected chi connectivity index (χ3v) is 3.37. The van der Waals surface area contributed by atoms with Crippen LogP contribution in [0.5, 0.6) is 0 Å². The Morgan fingerprint density at radius 2 is 1.95 bits per heavy atom. The van der Waals surface area contributed by atoms with Gasteiger partial charge < -0.3 is 9.84 Å². The highest BCUT2D eigenvalue weighted by Gasteiger charge is 2.23. The third-order valence-electron chi connectivity index (χ3n) is 2.35. The molecule has 7 heteroatoms. The maximum absolute atomic E-state index is 11.8. The molecule has 2 N–H and O–H groups in total. The van der Waals surface area contributed by atoms with E-state index in [0.29, 0.717) is 0 Å². The molecule has 0 aliphatic rings. The number of halogens is 3. The van der Waals surface area contributed by atoms with Gasteiger partial charge in [0.2, 0.25) is 0 Å². The summed E-state index contributed by atoms with van der Waals surface area (Å²) in [6.07, 6.45) is 0. The molecule has 0 amide bonds. The van der Waals surface area contributed by atoms with Gasteiger partial charge in [0.15, 0.2) is 0 Å². The fraction of sp³-hybridized carbons (Fsp3) is 0.231. The molecule has 1 aromatic carbocycles. The van der Waals surface area contributed by atoms with Gasteiger partial charge in [0.05, 0.1) is 22.4 Å². The highest BCUT2D eigenvalue weighted by Crippen LogP contribution is 2.31. The lowest BCUT2D eigenvalue weighted by Gasteiger charge is -2.12. The molecule has 20 heavy (non-hydrogen) atoms. The first-order valence-electron chi connectivity index (χ1n) is 5.60. The van der Waals surface area contributed by atoms with Gasteiger partial charge >= 0.3 is 5.97 Å². The van der Waals surface area contributed by atoms with Crippen molar-refractivity contribution < 1.29 is 14.6 Å². The predicted octanol–water partition coefficient (Wildman–Crippen LogP) is 4.41. The SMILES string of the molecule is CCOC(=O)/C(C(=N)c1cc(Cl)cc(Cl)c1Cl)=C(/C)O. The second kappa shape index (κ2) is 6.97. The smallest absolute Gasteiger partial charge is 0.343 e. The van der Waals surface area contributed by atoms with Crippen LogP contribution in [-0.2, 0) is 9.53 Å². The van der Waals surface area contributed by atoms with Crippen molar-refractivity contribution in [2.24, 2.45) is 0 Å². The van der Waals surface area contributed by atoms with Gasteiger partial charge in [-0.15, -0.1) is 0 Å². The van der Waals surface area contributed by atoms with E-state index in [9.17, 15) is 9.90 Å². The number of carbonyl (C=O) groups excluding carboxylic acids is 1. The zero-order valence-electron chi connectivity index (χ0n) is 10.8. The molecule has 0 radical (unpaired) electrons. The summed E-state index contributed by atoms with van der Waals surface area (Å²) < 4.78 is 4.80. The van der Waals surface area contributed by atoms with Crippen LogP contribution in [0.1, 0.15) is 19.4 Å². The summed E-state index contributed by atoms with van der Waals surface area (Å²) in [5.41, 5.74) is -0.453.